The number of nitrogens with two attached hydrogens (primary N) is 1. The minimum atomic E-state index is 0.237. The van der Waals surface area contributed by atoms with E-state index in [0.29, 0.717) is 10.8 Å². The number of rotatable bonds is 3. The Balaban J connectivity index is 2.53. The lowest BCUT2D eigenvalue weighted by atomic mass is 10.1. The zero-order valence-electron chi connectivity index (χ0n) is 10.4. The Hall–Kier alpha value is -1.81. The molecule has 1 aromatic heterocycles. The average molecular weight is 263 g/mol. The first kappa shape index (κ1) is 12.6. The molecule has 0 radical (unpaired) electrons. The van der Waals surface area contributed by atoms with Gasteiger partial charge in [0.25, 0.3) is 0 Å². The second kappa shape index (κ2) is 5.23. The molecule has 0 unspecified atom stereocenters. The summed E-state index contributed by atoms with van der Waals surface area (Å²) in [6, 6.07) is 7.68. The molecule has 0 aliphatic heterocycles. The number of nitrogen functional groups attached to an aromatic ring is 1. The summed E-state index contributed by atoms with van der Waals surface area (Å²) in [5.74, 6) is 0.943. The molecule has 0 aliphatic carbocycles. The molecule has 2 rings (SSSR count). The van der Waals surface area contributed by atoms with Gasteiger partial charge in [0.05, 0.1) is 10.7 Å². The van der Waals surface area contributed by atoms with Crippen LogP contribution in [-0.4, -0.2) is 16.5 Å². The van der Waals surface area contributed by atoms with Crippen LogP contribution in [-0.2, 0) is 0 Å². The second-order valence-electron chi connectivity index (χ2n) is 3.96. The highest BCUT2D eigenvalue weighted by Crippen LogP contribution is 2.30. The van der Waals surface area contributed by atoms with Crippen LogP contribution in [0, 0.1) is 6.92 Å². The number of nitrogens with zero attached hydrogens (tertiary/aromatic N) is 2. The van der Waals surface area contributed by atoms with E-state index in [1.54, 1.807) is 0 Å². The molecule has 2 aromatic rings. The van der Waals surface area contributed by atoms with Crippen LogP contribution in [0.15, 0.2) is 24.3 Å². The van der Waals surface area contributed by atoms with Gasteiger partial charge >= 0.3 is 0 Å². The SMILES string of the molecule is CCNc1cc(-c2cccc(C)c2Cl)nc(N)n1. The molecule has 0 fully saturated rings. The Kier molecular flexibility index (Phi) is 3.67. The Morgan fingerprint density at radius 1 is 1.33 bits per heavy atom. The zero-order chi connectivity index (χ0) is 13.1. The van der Waals surface area contributed by atoms with E-state index in [2.05, 4.69) is 15.3 Å². The van der Waals surface area contributed by atoms with Crippen molar-refractivity contribution in [1.82, 2.24) is 9.97 Å². The summed E-state index contributed by atoms with van der Waals surface area (Å²) in [5, 5.41) is 3.81. The molecule has 0 saturated heterocycles. The van der Waals surface area contributed by atoms with Gasteiger partial charge in [-0.2, -0.15) is 4.98 Å². The molecule has 94 valence electrons. The third kappa shape index (κ3) is 2.54. The van der Waals surface area contributed by atoms with Gasteiger partial charge in [-0.1, -0.05) is 29.8 Å². The van der Waals surface area contributed by atoms with Crippen molar-refractivity contribution in [3.05, 3.63) is 34.9 Å². The number of nitrogens with one attached hydrogen (secondary N) is 1. The maximum atomic E-state index is 6.29. The van der Waals surface area contributed by atoms with E-state index in [-0.39, 0.29) is 5.95 Å². The van der Waals surface area contributed by atoms with E-state index < -0.39 is 0 Å². The van der Waals surface area contributed by atoms with Crippen molar-refractivity contribution in [2.24, 2.45) is 0 Å². The molecule has 0 aliphatic rings. The van der Waals surface area contributed by atoms with Gasteiger partial charge in [-0.05, 0) is 19.4 Å². The Labute approximate surface area is 111 Å². The largest absolute Gasteiger partial charge is 0.370 e. The minimum Gasteiger partial charge on any atom is -0.370 e. The highest BCUT2D eigenvalue weighted by molar-refractivity contribution is 6.34. The highest BCUT2D eigenvalue weighted by Gasteiger charge is 2.09. The number of hydrogen-bond acceptors (Lipinski definition) is 4. The monoisotopic (exact) mass is 262 g/mol. The van der Waals surface area contributed by atoms with Crippen LogP contribution < -0.4 is 11.1 Å². The number of hydrogen-bond donors (Lipinski definition) is 2. The fourth-order valence-electron chi connectivity index (χ4n) is 1.72. The number of aromatic nitrogens is 2. The molecule has 0 amide bonds. The summed E-state index contributed by atoms with van der Waals surface area (Å²) in [5.41, 5.74) is 8.31. The summed E-state index contributed by atoms with van der Waals surface area (Å²) in [6.45, 7) is 4.73. The number of benzene rings is 1. The van der Waals surface area contributed by atoms with Crippen molar-refractivity contribution in [1.29, 1.82) is 0 Å². The molecule has 0 spiro atoms. The van der Waals surface area contributed by atoms with E-state index in [9.17, 15) is 0 Å². The van der Waals surface area contributed by atoms with Gasteiger partial charge in [0, 0.05) is 18.2 Å². The maximum absolute atomic E-state index is 6.29. The van der Waals surface area contributed by atoms with Crippen molar-refractivity contribution in [3.8, 4) is 11.3 Å². The highest BCUT2D eigenvalue weighted by atomic mass is 35.5. The summed E-state index contributed by atoms with van der Waals surface area (Å²) in [6.07, 6.45) is 0. The van der Waals surface area contributed by atoms with Gasteiger partial charge < -0.3 is 11.1 Å². The standard InChI is InChI=1S/C13H15ClN4/c1-3-16-11-7-10(17-13(15)18-11)9-6-4-5-8(2)12(9)14/h4-7H,3H2,1-2H3,(H3,15,16,17,18). The van der Waals surface area contributed by atoms with Crippen molar-refractivity contribution < 1.29 is 0 Å². The fraction of sp³-hybridized carbons (Fsp3) is 0.231. The predicted octanol–water partition coefficient (Wildman–Crippen LogP) is 3.12. The molecule has 18 heavy (non-hydrogen) atoms. The van der Waals surface area contributed by atoms with E-state index in [1.165, 1.54) is 0 Å². The third-order valence-corrected chi connectivity index (χ3v) is 3.07. The Bertz CT molecular complexity index is 569. The quantitative estimate of drug-likeness (QED) is 0.892. The first-order valence-electron chi connectivity index (χ1n) is 5.75. The summed E-state index contributed by atoms with van der Waals surface area (Å²) < 4.78 is 0. The molecule has 1 heterocycles. The molecule has 4 nitrogen and oxygen atoms in total. The Morgan fingerprint density at radius 3 is 2.83 bits per heavy atom. The molecule has 0 bridgehead atoms. The van der Waals surface area contributed by atoms with Crippen molar-refractivity contribution in [2.45, 2.75) is 13.8 Å². The number of anilines is 2. The third-order valence-electron chi connectivity index (χ3n) is 2.57. The molecule has 1 aromatic carbocycles. The zero-order valence-corrected chi connectivity index (χ0v) is 11.1. The maximum Gasteiger partial charge on any atom is 0.222 e. The van der Waals surface area contributed by atoms with Crippen LogP contribution in [0.3, 0.4) is 0 Å². The Morgan fingerprint density at radius 2 is 2.11 bits per heavy atom. The molecular formula is C13H15ClN4. The van der Waals surface area contributed by atoms with Gasteiger partial charge in [0.1, 0.15) is 5.82 Å². The normalized spacial score (nSPS) is 10.4. The van der Waals surface area contributed by atoms with Crippen LogP contribution >= 0.6 is 11.6 Å². The lowest BCUT2D eigenvalue weighted by Gasteiger charge is -2.09. The summed E-state index contributed by atoms with van der Waals surface area (Å²) >= 11 is 6.29. The predicted molar refractivity (Wildman–Crippen MR) is 75.8 cm³/mol. The van der Waals surface area contributed by atoms with Crippen LogP contribution in [0.2, 0.25) is 5.02 Å². The molecule has 3 N–H and O–H groups in total. The molecule has 0 saturated carbocycles. The molecular weight excluding hydrogens is 248 g/mol. The van der Waals surface area contributed by atoms with Crippen LogP contribution in [0.25, 0.3) is 11.3 Å². The minimum absolute atomic E-state index is 0.237. The lowest BCUT2D eigenvalue weighted by Crippen LogP contribution is -2.04. The van der Waals surface area contributed by atoms with E-state index in [0.717, 1.165) is 23.4 Å². The first-order valence-corrected chi connectivity index (χ1v) is 6.13. The molecule has 5 heteroatoms. The van der Waals surface area contributed by atoms with Gasteiger partial charge in [-0.15, -0.1) is 0 Å². The topological polar surface area (TPSA) is 63.8 Å². The number of aryl methyl sites for hydroxylation is 1. The second-order valence-corrected chi connectivity index (χ2v) is 4.34. The summed E-state index contributed by atoms with van der Waals surface area (Å²) in [7, 11) is 0. The van der Waals surface area contributed by atoms with Gasteiger partial charge in [0.2, 0.25) is 5.95 Å². The fourth-order valence-corrected chi connectivity index (χ4v) is 1.94. The van der Waals surface area contributed by atoms with Gasteiger partial charge in [0.15, 0.2) is 0 Å². The van der Waals surface area contributed by atoms with Gasteiger partial charge in [-0.25, -0.2) is 4.98 Å². The smallest absolute Gasteiger partial charge is 0.222 e. The summed E-state index contributed by atoms with van der Waals surface area (Å²) in [4.78, 5) is 8.34. The van der Waals surface area contributed by atoms with Crippen LogP contribution in [0.5, 0.6) is 0 Å². The number of halogens is 1. The van der Waals surface area contributed by atoms with Gasteiger partial charge in [-0.3, -0.25) is 0 Å². The van der Waals surface area contributed by atoms with Crippen molar-refractivity contribution in [2.75, 3.05) is 17.6 Å². The van der Waals surface area contributed by atoms with E-state index >= 15 is 0 Å². The van der Waals surface area contributed by atoms with Crippen molar-refractivity contribution in [3.63, 3.8) is 0 Å². The lowest BCUT2D eigenvalue weighted by molar-refractivity contribution is 1.12. The van der Waals surface area contributed by atoms with Crippen molar-refractivity contribution >= 4 is 23.4 Å². The van der Waals surface area contributed by atoms with E-state index in [1.807, 2.05) is 38.1 Å². The average Bonchev–Trinajstić information content (AvgIpc) is 2.32. The van der Waals surface area contributed by atoms with E-state index in [4.69, 9.17) is 17.3 Å². The van der Waals surface area contributed by atoms with Crippen LogP contribution in [0.4, 0.5) is 11.8 Å². The van der Waals surface area contributed by atoms with Crippen LogP contribution in [0.1, 0.15) is 12.5 Å². The first-order chi connectivity index (χ1) is 8.61. The molecule has 0 atom stereocenters.